The van der Waals surface area contributed by atoms with E-state index < -0.39 is 0 Å². The van der Waals surface area contributed by atoms with Crippen LogP contribution in [0.15, 0.2) is 30.3 Å². The number of carbonyl (C=O) groups is 2. The number of carbonyl (C=O) groups excluding carboxylic acids is 2. The third-order valence-corrected chi connectivity index (χ3v) is 6.42. The third-order valence-electron chi connectivity index (χ3n) is 6.42. The first-order valence-electron chi connectivity index (χ1n) is 9.64. The van der Waals surface area contributed by atoms with E-state index in [2.05, 4.69) is 30.3 Å². The summed E-state index contributed by atoms with van der Waals surface area (Å²) in [6, 6.07) is 10.5. The number of fused-ring (bicyclic) bond motifs is 1. The molecule has 4 heteroatoms. The molecule has 4 nitrogen and oxygen atoms in total. The molecule has 4 rings (SSSR count). The second-order valence-corrected chi connectivity index (χ2v) is 7.81. The molecule has 1 amide bonds. The van der Waals surface area contributed by atoms with Gasteiger partial charge in [0.1, 0.15) is 6.04 Å². The SMILES string of the molecule is CC(=O)N1[C@@H]2CC[C@@H]2C(=O)[C@@H]1CO[C@H]1CC[C@@H](c2ccccc2)CC1. The largest absolute Gasteiger partial charge is 0.376 e. The normalized spacial score (nSPS) is 34.5. The van der Waals surface area contributed by atoms with E-state index in [9.17, 15) is 9.59 Å². The molecular formula is C21H27NO3. The second-order valence-electron chi connectivity index (χ2n) is 7.81. The van der Waals surface area contributed by atoms with Gasteiger partial charge in [0.2, 0.25) is 5.91 Å². The highest BCUT2D eigenvalue weighted by molar-refractivity contribution is 5.95. The van der Waals surface area contributed by atoms with E-state index in [4.69, 9.17) is 4.74 Å². The van der Waals surface area contributed by atoms with Crippen molar-refractivity contribution in [2.45, 2.75) is 69.6 Å². The van der Waals surface area contributed by atoms with Crippen molar-refractivity contribution in [3.63, 3.8) is 0 Å². The number of rotatable bonds is 4. The Morgan fingerprint density at radius 1 is 1.08 bits per heavy atom. The van der Waals surface area contributed by atoms with E-state index in [0.29, 0.717) is 12.5 Å². The summed E-state index contributed by atoms with van der Waals surface area (Å²) < 4.78 is 6.11. The van der Waals surface area contributed by atoms with Crippen LogP contribution < -0.4 is 0 Å². The maximum Gasteiger partial charge on any atom is 0.220 e. The summed E-state index contributed by atoms with van der Waals surface area (Å²) in [6.07, 6.45) is 6.46. The molecule has 0 radical (unpaired) electrons. The molecule has 2 saturated carbocycles. The van der Waals surface area contributed by atoms with Gasteiger partial charge >= 0.3 is 0 Å². The molecular weight excluding hydrogens is 314 g/mol. The predicted molar refractivity (Wildman–Crippen MR) is 95.2 cm³/mol. The molecule has 0 aromatic heterocycles. The second kappa shape index (κ2) is 6.91. The van der Waals surface area contributed by atoms with Crippen LogP contribution in [0.2, 0.25) is 0 Å². The number of hydrogen-bond donors (Lipinski definition) is 0. The first-order valence-corrected chi connectivity index (χ1v) is 9.64. The van der Waals surface area contributed by atoms with Gasteiger partial charge in [0, 0.05) is 18.9 Å². The van der Waals surface area contributed by atoms with Gasteiger partial charge in [-0.3, -0.25) is 9.59 Å². The summed E-state index contributed by atoms with van der Waals surface area (Å²) >= 11 is 0. The lowest BCUT2D eigenvalue weighted by Crippen LogP contribution is -2.46. The maximum atomic E-state index is 12.5. The summed E-state index contributed by atoms with van der Waals surface area (Å²) in [6.45, 7) is 1.96. The van der Waals surface area contributed by atoms with Crippen LogP contribution in [0.1, 0.15) is 56.9 Å². The average molecular weight is 341 g/mol. The van der Waals surface area contributed by atoms with Crippen molar-refractivity contribution in [3.05, 3.63) is 35.9 Å². The summed E-state index contributed by atoms with van der Waals surface area (Å²) in [5.41, 5.74) is 1.42. The summed E-state index contributed by atoms with van der Waals surface area (Å²) in [4.78, 5) is 26.3. The molecule has 0 N–H and O–H groups in total. The quantitative estimate of drug-likeness (QED) is 0.844. The van der Waals surface area contributed by atoms with E-state index in [1.165, 1.54) is 5.56 Å². The van der Waals surface area contributed by atoms with Crippen molar-refractivity contribution in [2.75, 3.05) is 6.61 Å². The van der Waals surface area contributed by atoms with Crippen molar-refractivity contribution in [1.82, 2.24) is 4.90 Å². The molecule has 1 aromatic carbocycles. The van der Waals surface area contributed by atoms with Gasteiger partial charge in [0.25, 0.3) is 0 Å². The number of ether oxygens (including phenoxy) is 1. The minimum absolute atomic E-state index is 0.0157. The first-order chi connectivity index (χ1) is 12.1. The average Bonchev–Trinajstić information content (AvgIpc) is 2.79. The van der Waals surface area contributed by atoms with Gasteiger partial charge in [-0.2, -0.15) is 0 Å². The Morgan fingerprint density at radius 3 is 2.40 bits per heavy atom. The Morgan fingerprint density at radius 2 is 1.80 bits per heavy atom. The number of hydrogen-bond acceptors (Lipinski definition) is 3. The number of Topliss-reactive ketones (excluding diaryl/α,β-unsaturated/α-hetero) is 1. The Labute approximate surface area is 149 Å². The van der Waals surface area contributed by atoms with Crippen molar-refractivity contribution in [1.29, 1.82) is 0 Å². The van der Waals surface area contributed by atoms with E-state index >= 15 is 0 Å². The molecule has 1 heterocycles. The zero-order valence-corrected chi connectivity index (χ0v) is 14.9. The fourth-order valence-electron chi connectivity index (χ4n) is 4.89. The number of likely N-dealkylation sites (tertiary alicyclic amines) is 1. The van der Waals surface area contributed by atoms with Crippen LogP contribution in [0.5, 0.6) is 0 Å². The molecule has 1 saturated heterocycles. The lowest BCUT2D eigenvalue weighted by molar-refractivity contribution is -0.137. The van der Waals surface area contributed by atoms with Crippen LogP contribution in [0.3, 0.4) is 0 Å². The molecule has 25 heavy (non-hydrogen) atoms. The van der Waals surface area contributed by atoms with Crippen molar-refractivity contribution in [3.8, 4) is 0 Å². The maximum absolute atomic E-state index is 12.5. The van der Waals surface area contributed by atoms with Crippen LogP contribution in [0, 0.1) is 5.92 Å². The number of ketones is 1. The smallest absolute Gasteiger partial charge is 0.220 e. The molecule has 0 bridgehead atoms. The van der Waals surface area contributed by atoms with Gasteiger partial charge in [-0.25, -0.2) is 0 Å². The number of amides is 1. The number of nitrogens with zero attached hydrogens (tertiary/aromatic N) is 1. The lowest BCUT2D eigenvalue weighted by atomic mass is 9.79. The Kier molecular flexibility index (Phi) is 4.63. The van der Waals surface area contributed by atoms with Gasteiger partial charge in [-0.1, -0.05) is 30.3 Å². The molecule has 0 unspecified atom stereocenters. The van der Waals surface area contributed by atoms with Crippen LogP contribution in [-0.4, -0.2) is 41.4 Å². The van der Waals surface area contributed by atoms with Gasteiger partial charge in [-0.15, -0.1) is 0 Å². The molecule has 3 aliphatic rings. The molecule has 0 spiro atoms. The van der Waals surface area contributed by atoms with Crippen molar-refractivity contribution >= 4 is 11.7 Å². The van der Waals surface area contributed by atoms with Crippen molar-refractivity contribution in [2.24, 2.45) is 5.92 Å². The predicted octanol–water partition coefficient (Wildman–Crippen LogP) is 3.31. The Hall–Kier alpha value is -1.68. The van der Waals surface area contributed by atoms with Gasteiger partial charge in [0.15, 0.2) is 5.78 Å². The van der Waals surface area contributed by atoms with E-state index in [0.717, 1.165) is 38.5 Å². The fourth-order valence-corrected chi connectivity index (χ4v) is 4.89. The molecule has 3 atom stereocenters. The van der Waals surface area contributed by atoms with Gasteiger partial charge in [0.05, 0.1) is 12.7 Å². The van der Waals surface area contributed by atoms with Crippen LogP contribution >= 0.6 is 0 Å². The molecule has 1 aromatic rings. The minimum atomic E-state index is -0.346. The Balaban J connectivity index is 1.30. The van der Waals surface area contributed by atoms with Crippen LogP contribution in [0.25, 0.3) is 0 Å². The highest BCUT2D eigenvalue weighted by atomic mass is 16.5. The minimum Gasteiger partial charge on any atom is -0.376 e. The molecule has 134 valence electrons. The van der Waals surface area contributed by atoms with E-state index in [-0.39, 0.29) is 35.8 Å². The van der Waals surface area contributed by atoms with Crippen LogP contribution in [-0.2, 0) is 14.3 Å². The molecule has 3 fully saturated rings. The highest BCUT2D eigenvalue weighted by Crippen LogP contribution is 2.42. The number of benzene rings is 1. The zero-order valence-electron chi connectivity index (χ0n) is 14.9. The van der Waals surface area contributed by atoms with Crippen molar-refractivity contribution < 1.29 is 14.3 Å². The fraction of sp³-hybridized carbons (Fsp3) is 0.619. The first kappa shape index (κ1) is 16.8. The summed E-state index contributed by atoms with van der Waals surface area (Å²) in [5, 5.41) is 0. The lowest BCUT2D eigenvalue weighted by Gasteiger charge is -2.35. The summed E-state index contributed by atoms with van der Waals surface area (Å²) in [5.74, 6) is 0.941. The topological polar surface area (TPSA) is 46.6 Å². The van der Waals surface area contributed by atoms with Crippen LogP contribution in [0.4, 0.5) is 0 Å². The monoisotopic (exact) mass is 341 g/mol. The molecule has 1 aliphatic heterocycles. The zero-order chi connectivity index (χ0) is 17.4. The third kappa shape index (κ3) is 3.12. The van der Waals surface area contributed by atoms with Gasteiger partial charge < -0.3 is 9.64 Å². The highest BCUT2D eigenvalue weighted by Gasteiger charge is 2.53. The van der Waals surface area contributed by atoms with Gasteiger partial charge in [-0.05, 0) is 50.0 Å². The van der Waals surface area contributed by atoms with E-state index in [1.807, 2.05) is 0 Å². The molecule has 2 aliphatic carbocycles. The van der Waals surface area contributed by atoms with E-state index in [1.54, 1.807) is 11.8 Å². The standard InChI is InChI=1S/C21H27NO3/c1-14(23)22-19-12-11-18(19)21(24)20(22)13-25-17-9-7-16(8-10-17)15-5-3-2-4-6-15/h2-6,16-20H,7-13H2,1H3/t16-,17+,18-,19+,20-/m0/s1. The Bertz CT molecular complexity index is 636. The summed E-state index contributed by atoms with van der Waals surface area (Å²) in [7, 11) is 0.